The minimum Gasteiger partial charge on any atom is -0.491 e. The summed E-state index contributed by atoms with van der Waals surface area (Å²) in [7, 11) is 1.43. The molecule has 4 heterocycles. The Bertz CT molecular complexity index is 1170. The number of methoxy groups -OCH3 is 1. The Morgan fingerprint density at radius 1 is 1.17 bits per heavy atom. The standard InChI is InChI=1S/C17H13F3N6O4/c1-9-5-12(25-30-9)15-23-22-14-6-13(27-2)16(24-26(14)15)28-8-10-3-4-11(7-21-10)29-17(18,19)20/h3-7H,8H2,1-2H3. The van der Waals surface area contributed by atoms with Crippen LogP contribution >= 0.6 is 0 Å². The lowest BCUT2D eigenvalue weighted by Crippen LogP contribution is -2.17. The zero-order valence-electron chi connectivity index (χ0n) is 15.5. The molecular weight excluding hydrogens is 409 g/mol. The second-order valence-corrected chi connectivity index (χ2v) is 5.96. The number of halogens is 3. The van der Waals surface area contributed by atoms with E-state index in [1.807, 2.05) is 0 Å². The van der Waals surface area contributed by atoms with E-state index in [4.69, 9.17) is 14.0 Å². The van der Waals surface area contributed by atoms with Crippen LogP contribution in [0.4, 0.5) is 13.2 Å². The highest BCUT2D eigenvalue weighted by molar-refractivity contribution is 5.56. The van der Waals surface area contributed by atoms with Gasteiger partial charge in [-0.1, -0.05) is 5.16 Å². The van der Waals surface area contributed by atoms with Crippen LogP contribution in [0.5, 0.6) is 17.4 Å². The normalized spacial score (nSPS) is 11.6. The van der Waals surface area contributed by atoms with Crippen molar-refractivity contribution in [1.82, 2.24) is 30.0 Å². The highest BCUT2D eigenvalue weighted by atomic mass is 19.4. The summed E-state index contributed by atoms with van der Waals surface area (Å²) in [4.78, 5) is 3.88. The number of aromatic nitrogens is 6. The van der Waals surface area contributed by atoms with Crippen molar-refractivity contribution in [3.63, 3.8) is 0 Å². The maximum atomic E-state index is 12.2. The minimum atomic E-state index is -4.79. The van der Waals surface area contributed by atoms with E-state index >= 15 is 0 Å². The van der Waals surface area contributed by atoms with Crippen LogP contribution in [0.2, 0.25) is 0 Å². The van der Waals surface area contributed by atoms with Crippen LogP contribution in [0.25, 0.3) is 17.2 Å². The molecule has 0 aliphatic rings. The number of hydrogen-bond donors (Lipinski definition) is 0. The Labute approximate surface area is 166 Å². The monoisotopic (exact) mass is 422 g/mol. The van der Waals surface area contributed by atoms with Crippen molar-refractivity contribution in [2.75, 3.05) is 7.11 Å². The second-order valence-electron chi connectivity index (χ2n) is 5.96. The van der Waals surface area contributed by atoms with Gasteiger partial charge in [0.1, 0.15) is 18.1 Å². The first-order valence-corrected chi connectivity index (χ1v) is 8.40. The molecule has 0 aromatic carbocycles. The van der Waals surface area contributed by atoms with E-state index in [9.17, 15) is 13.2 Å². The van der Waals surface area contributed by atoms with Crippen molar-refractivity contribution in [2.45, 2.75) is 19.9 Å². The van der Waals surface area contributed by atoms with Gasteiger partial charge < -0.3 is 18.7 Å². The number of aryl methyl sites for hydroxylation is 1. The van der Waals surface area contributed by atoms with Gasteiger partial charge in [-0.15, -0.1) is 28.5 Å². The van der Waals surface area contributed by atoms with Crippen molar-refractivity contribution in [1.29, 1.82) is 0 Å². The molecule has 0 fully saturated rings. The molecule has 4 rings (SSSR count). The molecule has 30 heavy (non-hydrogen) atoms. The van der Waals surface area contributed by atoms with Gasteiger partial charge in [-0.05, 0) is 19.1 Å². The van der Waals surface area contributed by atoms with Crippen LogP contribution in [0.3, 0.4) is 0 Å². The molecular formula is C17H13F3N6O4. The molecule has 0 unspecified atom stereocenters. The maximum Gasteiger partial charge on any atom is 0.573 e. The van der Waals surface area contributed by atoms with Crippen LogP contribution in [-0.4, -0.2) is 43.4 Å². The van der Waals surface area contributed by atoms with E-state index in [0.717, 1.165) is 12.3 Å². The first kappa shape index (κ1) is 19.4. The molecule has 0 radical (unpaired) electrons. The molecule has 0 aliphatic carbocycles. The van der Waals surface area contributed by atoms with Crippen LogP contribution < -0.4 is 14.2 Å². The van der Waals surface area contributed by atoms with E-state index in [-0.39, 0.29) is 18.2 Å². The van der Waals surface area contributed by atoms with Gasteiger partial charge >= 0.3 is 6.36 Å². The summed E-state index contributed by atoms with van der Waals surface area (Å²) in [5, 5.41) is 16.3. The van der Waals surface area contributed by atoms with Crippen LogP contribution in [-0.2, 0) is 6.61 Å². The molecule has 156 valence electrons. The van der Waals surface area contributed by atoms with Crippen molar-refractivity contribution in [3.05, 3.63) is 41.9 Å². The molecule has 0 N–H and O–H groups in total. The quantitative estimate of drug-likeness (QED) is 0.463. The Hall–Kier alpha value is -3.90. The van der Waals surface area contributed by atoms with Gasteiger partial charge in [-0.3, -0.25) is 4.98 Å². The topological polar surface area (TPSA) is 110 Å². The van der Waals surface area contributed by atoms with Crippen LogP contribution in [0.1, 0.15) is 11.5 Å². The molecule has 13 heteroatoms. The molecule has 0 atom stereocenters. The molecule has 0 saturated heterocycles. The molecule has 0 spiro atoms. The fourth-order valence-corrected chi connectivity index (χ4v) is 2.51. The number of ether oxygens (including phenoxy) is 3. The maximum absolute atomic E-state index is 12.2. The van der Waals surface area contributed by atoms with Crippen molar-refractivity contribution < 1.29 is 31.9 Å². The molecule has 4 aromatic heterocycles. The molecule has 0 bridgehead atoms. The average Bonchev–Trinajstić information content (AvgIpc) is 3.30. The Morgan fingerprint density at radius 3 is 2.63 bits per heavy atom. The number of nitrogens with zero attached hydrogens (tertiary/aromatic N) is 6. The zero-order valence-corrected chi connectivity index (χ0v) is 15.5. The van der Waals surface area contributed by atoms with E-state index in [2.05, 4.69) is 30.2 Å². The Balaban J connectivity index is 1.57. The number of rotatable bonds is 6. The first-order valence-electron chi connectivity index (χ1n) is 8.40. The largest absolute Gasteiger partial charge is 0.573 e. The lowest BCUT2D eigenvalue weighted by Gasteiger charge is -2.11. The van der Waals surface area contributed by atoms with Gasteiger partial charge in [-0.2, -0.15) is 4.52 Å². The van der Waals surface area contributed by atoms with Gasteiger partial charge in [0.15, 0.2) is 17.1 Å². The summed E-state index contributed by atoms with van der Waals surface area (Å²) < 4.78 is 57.9. The third-order valence-electron chi connectivity index (χ3n) is 3.79. The Morgan fingerprint density at radius 2 is 2.00 bits per heavy atom. The number of fused-ring (bicyclic) bond motifs is 1. The summed E-state index contributed by atoms with van der Waals surface area (Å²) >= 11 is 0. The zero-order chi connectivity index (χ0) is 21.3. The van der Waals surface area contributed by atoms with Crippen molar-refractivity contribution in [2.24, 2.45) is 0 Å². The van der Waals surface area contributed by atoms with E-state index < -0.39 is 12.1 Å². The van der Waals surface area contributed by atoms with Gasteiger partial charge in [0.2, 0.25) is 5.82 Å². The predicted molar refractivity (Wildman–Crippen MR) is 92.8 cm³/mol. The van der Waals surface area contributed by atoms with Gasteiger partial charge in [0.05, 0.1) is 19.0 Å². The summed E-state index contributed by atoms with van der Waals surface area (Å²) in [6.07, 6.45) is -3.84. The van der Waals surface area contributed by atoms with Gasteiger partial charge in [-0.25, -0.2) is 0 Å². The van der Waals surface area contributed by atoms with E-state index in [1.54, 1.807) is 19.1 Å². The molecule has 0 amide bonds. The fraction of sp³-hybridized carbons (Fsp3) is 0.235. The number of alkyl halides is 3. The molecule has 0 aliphatic heterocycles. The first-order chi connectivity index (χ1) is 14.3. The molecule has 0 saturated carbocycles. The predicted octanol–water partition coefficient (Wildman–Crippen LogP) is 2.97. The highest BCUT2D eigenvalue weighted by Gasteiger charge is 2.31. The minimum absolute atomic E-state index is 0.0817. The second kappa shape index (κ2) is 7.50. The number of pyridine rings is 1. The summed E-state index contributed by atoms with van der Waals surface area (Å²) in [6, 6.07) is 5.73. The molecule has 4 aromatic rings. The smallest absolute Gasteiger partial charge is 0.491 e. The molecule has 10 nitrogen and oxygen atoms in total. The van der Waals surface area contributed by atoms with E-state index in [0.29, 0.717) is 28.6 Å². The third-order valence-corrected chi connectivity index (χ3v) is 3.79. The van der Waals surface area contributed by atoms with Crippen molar-refractivity contribution in [3.8, 4) is 28.9 Å². The van der Waals surface area contributed by atoms with Crippen LogP contribution in [0, 0.1) is 6.92 Å². The van der Waals surface area contributed by atoms with E-state index in [1.165, 1.54) is 17.7 Å². The van der Waals surface area contributed by atoms with Gasteiger partial charge in [0.25, 0.3) is 5.88 Å². The fourth-order valence-electron chi connectivity index (χ4n) is 2.51. The number of hydrogen-bond acceptors (Lipinski definition) is 9. The average molecular weight is 422 g/mol. The summed E-state index contributed by atoms with van der Waals surface area (Å²) in [6.45, 7) is 1.66. The van der Waals surface area contributed by atoms with Crippen LogP contribution in [0.15, 0.2) is 35.0 Å². The SMILES string of the molecule is COc1cc2nnc(-c3cc(C)on3)n2nc1OCc1ccc(OC(F)(F)F)cn1. The highest BCUT2D eigenvalue weighted by Crippen LogP contribution is 2.28. The van der Waals surface area contributed by atoms with Gasteiger partial charge in [0, 0.05) is 12.1 Å². The summed E-state index contributed by atoms with van der Waals surface area (Å²) in [5.74, 6) is 0.885. The summed E-state index contributed by atoms with van der Waals surface area (Å²) in [5.41, 5.74) is 1.18. The van der Waals surface area contributed by atoms with Crippen molar-refractivity contribution >= 4 is 5.65 Å². The lowest BCUT2D eigenvalue weighted by atomic mass is 10.3. The third kappa shape index (κ3) is 4.09. The lowest BCUT2D eigenvalue weighted by molar-refractivity contribution is -0.274. The Kier molecular flexibility index (Phi) is 4.85.